The molecular weight excluding hydrogens is 766 g/mol. The summed E-state index contributed by atoms with van der Waals surface area (Å²) in [6.07, 6.45) is 0. The number of non-ortho nitro benzene ring substituents is 2. The Morgan fingerprint density at radius 1 is 0.585 bits per heavy atom. The second-order valence-corrected chi connectivity index (χ2v) is 14.7. The number of fused-ring (bicyclic) bond motifs is 2. The molecule has 2 atom stereocenters. The summed E-state index contributed by atoms with van der Waals surface area (Å²) in [6.45, 7) is 6.46. The van der Waals surface area contributed by atoms with E-state index < -0.39 is 0 Å². The maximum atomic E-state index is 11.5. The van der Waals surface area contributed by atoms with Crippen LogP contribution in [-0.2, 0) is 27.3 Å². The van der Waals surface area contributed by atoms with Crippen LogP contribution in [0, 0.1) is 20.2 Å². The van der Waals surface area contributed by atoms with Gasteiger partial charge in [-0.1, -0.05) is 70.7 Å². The maximum absolute atomic E-state index is 11.5. The van der Waals surface area contributed by atoms with Crippen molar-refractivity contribution in [1.82, 2.24) is 9.80 Å². The Hall–Kier alpha value is -3.36. The van der Waals surface area contributed by atoms with Crippen LogP contribution in [0.4, 0.5) is 11.4 Å². The lowest BCUT2D eigenvalue weighted by Crippen LogP contribution is -2.36. The third-order valence-electron chi connectivity index (χ3n) is 9.60. The SMILES string of the molecule is O=[N+]([O-])c1cccc(C2CN(CCOCCOCCOCCN3Cc4c(Cl)cc(Cl)cc4C(c4cccc([N+](=O)[O-])c4)C3)Cc3c(Cl)cc(Cl)cc32)c1. The number of nitro groups is 2. The van der Waals surface area contributed by atoms with Crippen LogP contribution in [0.2, 0.25) is 20.1 Å². The number of hydrogen-bond acceptors (Lipinski definition) is 9. The zero-order chi connectivity index (χ0) is 37.5. The van der Waals surface area contributed by atoms with Crippen LogP contribution in [0.5, 0.6) is 0 Å². The molecule has 0 aromatic heterocycles. The second-order valence-electron chi connectivity index (χ2n) is 13.0. The van der Waals surface area contributed by atoms with E-state index in [-0.39, 0.29) is 33.1 Å². The van der Waals surface area contributed by atoms with Gasteiger partial charge in [-0.25, -0.2) is 0 Å². The van der Waals surface area contributed by atoms with Gasteiger partial charge in [0.05, 0.1) is 49.5 Å². The van der Waals surface area contributed by atoms with Crippen molar-refractivity contribution in [2.75, 3.05) is 65.8 Å². The Morgan fingerprint density at radius 3 is 1.38 bits per heavy atom. The number of nitrogens with zero attached hydrogens (tertiary/aromatic N) is 4. The summed E-state index contributed by atoms with van der Waals surface area (Å²) in [5.74, 6) is -0.259. The lowest BCUT2D eigenvalue weighted by atomic mass is 9.84. The highest BCUT2D eigenvalue weighted by atomic mass is 35.5. The molecule has 0 saturated carbocycles. The van der Waals surface area contributed by atoms with Gasteiger partial charge < -0.3 is 14.2 Å². The molecule has 0 saturated heterocycles. The largest absolute Gasteiger partial charge is 0.378 e. The quantitative estimate of drug-likeness (QED) is 0.0622. The summed E-state index contributed by atoms with van der Waals surface area (Å²) in [5.41, 5.74) is 5.64. The summed E-state index contributed by atoms with van der Waals surface area (Å²) in [4.78, 5) is 26.6. The fourth-order valence-corrected chi connectivity index (χ4v) is 8.18. The van der Waals surface area contributed by atoms with Crippen LogP contribution < -0.4 is 0 Å². The molecule has 2 heterocycles. The standard InChI is InChI=1S/C38H38Cl4N4O7/c39-27-17-31-33(25-3-1-5-29(15-25)45(47)48)21-43(23-35(31)37(41)19-27)7-9-51-11-13-53-14-12-52-10-8-44-22-34(26-4-2-6-30(16-26)46(49)50)32-18-28(40)20-38(42)36(32)24-44/h1-6,15-20,33-34H,7-14,21-24H2. The van der Waals surface area contributed by atoms with Crippen molar-refractivity contribution in [1.29, 1.82) is 0 Å². The molecule has 0 fully saturated rings. The van der Waals surface area contributed by atoms with Gasteiger partial charge in [0.1, 0.15) is 0 Å². The molecule has 2 aliphatic rings. The molecule has 0 amide bonds. The van der Waals surface area contributed by atoms with E-state index >= 15 is 0 Å². The number of hydrogen-bond donors (Lipinski definition) is 0. The maximum Gasteiger partial charge on any atom is 0.269 e. The van der Waals surface area contributed by atoms with Crippen LogP contribution >= 0.6 is 46.4 Å². The highest BCUT2D eigenvalue weighted by molar-refractivity contribution is 6.35. The van der Waals surface area contributed by atoms with E-state index in [1.807, 2.05) is 24.3 Å². The Bertz CT molecular complexity index is 1810. The predicted molar refractivity (Wildman–Crippen MR) is 206 cm³/mol. The number of halogens is 4. The molecule has 280 valence electrons. The van der Waals surface area contributed by atoms with Crippen molar-refractivity contribution in [3.63, 3.8) is 0 Å². The Morgan fingerprint density at radius 2 is 0.981 bits per heavy atom. The summed E-state index contributed by atoms with van der Waals surface area (Å²) in [5, 5.41) is 25.1. The lowest BCUT2D eigenvalue weighted by Gasteiger charge is -2.35. The van der Waals surface area contributed by atoms with Crippen molar-refractivity contribution in [3.05, 3.63) is 146 Å². The molecule has 4 aromatic carbocycles. The van der Waals surface area contributed by atoms with E-state index in [1.54, 1.807) is 36.4 Å². The average molecular weight is 805 g/mol. The van der Waals surface area contributed by atoms with Gasteiger partial charge in [-0.3, -0.25) is 30.0 Å². The molecule has 4 aromatic rings. The highest BCUT2D eigenvalue weighted by Gasteiger charge is 2.31. The lowest BCUT2D eigenvalue weighted by molar-refractivity contribution is -0.385. The van der Waals surface area contributed by atoms with Gasteiger partial charge in [-0.05, 0) is 57.6 Å². The molecule has 0 spiro atoms. The van der Waals surface area contributed by atoms with Gasteiger partial charge >= 0.3 is 0 Å². The van der Waals surface area contributed by atoms with E-state index in [1.165, 1.54) is 12.1 Å². The minimum atomic E-state index is -0.387. The number of ether oxygens (including phenoxy) is 3. The number of benzene rings is 4. The Balaban J connectivity index is 0.915. The third kappa shape index (κ3) is 10.0. The molecule has 0 radical (unpaired) electrons. The van der Waals surface area contributed by atoms with Crippen LogP contribution in [0.15, 0.2) is 72.8 Å². The summed E-state index contributed by atoms with van der Waals surface area (Å²) < 4.78 is 17.5. The van der Waals surface area contributed by atoms with Crippen LogP contribution in [0.3, 0.4) is 0 Å². The first-order valence-corrected chi connectivity index (χ1v) is 18.7. The first-order chi connectivity index (χ1) is 25.6. The van der Waals surface area contributed by atoms with Gasteiger partial charge in [0.25, 0.3) is 11.4 Å². The van der Waals surface area contributed by atoms with Gasteiger partial charge in [-0.2, -0.15) is 0 Å². The molecule has 53 heavy (non-hydrogen) atoms. The molecule has 0 N–H and O–H groups in total. The number of rotatable bonds is 16. The molecule has 6 rings (SSSR count). The van der Waals surface area contributed by atoms with Crippen molar-refractivity contribution in [3.8, 4) is 0 Å². The van der Waals surface area contributed by atoms with E-state index in [4.69, 9.17) is 60.6 Å². The highest BCUT2D eigenvalue weighted by Crippen LogP contribution is 2.41. The topological polar surface area (TPSA) is 120 Å². The number of nitro benzene ring substituents is 2. The van der Waals surface area contributed by atoms with E-state index in [9.17, 15) is 20.2 Å². The summed E-state index contributed by atoms with van der Waals surface area (Å²) in [7, 11) is 0. The van der Waals surface area contributed by atoms with E-state index in [0.717, 1.165) is 33.4 Å². The van der Waals surface area contributed by atoms with Gasteiger partial charge in [-0.15, -0.1) is 0 Å². The van der Waals surface area contributed by atoms with Crippen molar-refractivity contribution < 1.29 is 24.1 Å². The zero-order valence-electron chi connectivity index (χ0n) is 28.7. The second kappa shape index (κ2) is 18.3. The average Bonchev–Trinajstić information content (AvgIpc) is 3.13. The molecule has 15 heteroatoms. The smallest absolute Gasteiger partial charge is 0.269 e. The summed E-state index contributed by atoms with van der Waals surface area (Å²) in [6, 6.07) is 20.7. The fraction of sp³-hybridized carbons (Fsp3) is 0.368. The van der Waals surface area contributed by atoms with Gasteiger partial charge in [0, 0.05) is 95.5 Å². The molecule has 2 unspecified atom stereocenters. The first kappa shape index (κ1) is 39.3. The minimum absolute atomic E-state index is 0.0428. The van der Waals surface area contributed by atoms with Crippen molar-refractivity contribution in [2.24, 2.45) is 0 Å². The normalized spacial score (nSPS) is 17.4. The van der Waals surface area contributed by atoms with Crippen LogP contribution in [0.25, 0.3) is 0 Å². The van der Waals surface area contributed by atoms with E-state index in [2.05, 4.69) is 9.80 Å². The monoisotopic (exact) mass is 802 g/mol. The van der Waals surface area contributed by atoms with Crippen LogP contribution in [-0.4, -0.2) is 85.5 Å². The van der Waals surface area contributed by atoms with Crippen molar-refractivity contribution in [2.45, 2.75) is 24.9 Å². The molecule has 0 bridgehead atoms. The van der Waals surface area contributed by atoms with Gasteiger partial charge in [0.15, 0.2) is 0 Å². The minimum Gasteiger partial charge on any atom is -0.378 e. The third-order valence-corrected chi connectivity index (χ3v) is 10.7. The fourth-order valence-electron chi connectivity index (χ4n) is 7.04. The molecule has 11 nitrogen and oxygen atoms in total. The molecular formula is C38H38Cl4N4O7. The van der Waals surface area contributed by atoms with E-state index in [0.29, 0.717) is 99.0 Å². The Labute approximate surface area is 327 Å². The first-order valence-electron chi connectivity index (χ1n) is 17.2. The predicted octanol–water partition coefficient (Wildman–Crippen LogP) is 8.76. The van der Waals surface area contributed by atoms with Crippen molar-refractivity contribution >= 4 is 57.8 Å². The zero-order valence-corrected chi connectivity index (χ0v) is 31.8. The van der Waals surface area contributed by atoms with Gasteiger partial charge in [0.2, 0.25) is 0 Å². The Kier molecular flexibility index (Phi) is 13.6. The summed E-state index contributed by atoms with van der Waals surface area (Å²) >= 11 is 25.9. The molecule has 0 aliphatic carbocycles. The van der Waals surface area contributed by atoms with Crippen LogP contribution in [0.1, 0.15) is 45.2 Å². The molecule has 2 aliphatic heterocycles.